The maximum absolute atomic E-state index is 4.82. The van der Waals surface area contributed by atoms with E-state index >= 15 is 0 Å². The third kappa shape index (κ3) is 3.56. The van der Waals surface area contributed by atoms with Crippen LogP contribution in [0.15, 0.2) is 96.2 Å². The van der Waals surface area contributed by atoms with Crippen LogP contribution < -0.4 is 5.43 Å². The van der Waals surface area contributed by atoms with Crippen molar-refractivity contribution >= 4 is 33.6 Å². The van der Waals surface area contributed by atoms with E-state index < -0.39 is 0 Å². The summed E-state index contributed by atoms with van der Waals surface area (Å²) in [5.74, 6) is 0. The second-order valence-electron chi connectivity index (χ2n) is 6.59. The van der Waals surface area contributed by atoms with Gasteiger partial charge in [0.05, 0.1) is 16.8 Å². The summed E-state index contributed by atoms with van der Waals surface area (Å²) < 4.78 is 0. The van der Waals surface area contributed by atoms with Gasteiger partial charge in [0, 0.05) is 28.2 Å². The lowest BCUT2D eigenvalue weighted by Crippen LogP contribution is -1.89. The number of thiazole rings is 1. The number of benzene rings is 3. The Morgan fingerprint density at radius 3 is 2.31 bits per heavy atom. The number of aromatic nitrogens is 2. The first-order valence-electron chi connectivity index (χ1n) is 9.35. The molecule has 0 aliphatic heterocycles. The van der Waals surface area contributed by atoms with Crippen LogP contribution in [-0.4, -0.2) is 16.2 Å². The summed E-state index contributed by atoms with van der Waals surface area (Å²) in [7, 11) is 0. The molecule has 0 radical (unpaired) electrons. The van der Waals surface area contributed by atoms with Crippen LogP contribution in [-0.2, 0) is 0 Å². The predicted octanol–water partition coefficient (Wildman–Crippen LogP) is 6.40. The van der Waals surface area contributed by atoms with E-state index in [1.165, 1.54) is 0 Å². The SMILES string of the molecule is C(=N/Nc1nc(-c2ccccc2)c(-c2ccccc2)s1)/c1c[nH]c2ccccc12. The molecule has 0 saturated carbocycles. The van der Waals surface area contributed by atoms with Crippen molar-refractivity contribution in [3.63, 3.8) is 0 Å². The molecular formula is C24H18N4S. The maximum atomic E-state index is 4.82. The number of para-hydroxylation sites is 1. The van der Waals surface area contributed by atoms with E-state index in [-0.39, 0.29) is 0 Å². The standard InChI is InChI=1S/C24H18N4S/c1-3-9-17(10-4-1)22-23(18-11-5-2-6-12-18)29-24(27-22)28-26-16-19-15-25-21-14-8-7-13-20(19)21/h1-16,25H,(H,27,28)/b26-16-. The van der Waals surface area contributed by atoms with Crippen molar-refractivity contribution in [2.45, 2.75) is 0 Å². The number of nitrogens with zero attached hydrogens (tertiary/aromatic N) is 2. The molecule has 5 aromatic rings. The summed E-state index contributed by atoms with van der Waals surface area (Å²) in [5.41, 5.74) is 8.46. The van der Waals surface area contributed by atoms with Gasteiger partial charge in [0.15, 0.2) is 0 Å². The number of hydrogen-bond acceptors (Lipinski definition) is 4. The number of aromatic amines is 1. The van der Waals surface area contributed by atoms with Crippen LogP contribution in [0.3, 0.4) is 0 Å². The van der Waals surface area contributed by atoms with Gasteiger partial charge in [-0.1, -0.05) is 90.2 Å². The van der Waals surface area contributed by atoms with Crippen LogP contribution in [0.25, 0.3) is 32.6 Å². The molecule has 4 nitrogen and oxygen atoms in total. The highest BCUT2D eigenvalue weighted by Gasteiger charge is 2.14. The molecule has 0 atom stereocenters. The van der Waals surface area contributed by atoms with E-state index in [1.54, 1.807) is 11.3 Å². The minimum Gasteiger partial charge on any atom is -0.361 e. The van der Waals surface area contributed by atoms with Gasteiger partial charge >= 0.3 is 0 Å². The number of hydrogen-bond donors (Lipinski definition) is 2. The van der Waals surface area contributed by atoms with Gasteiger partial charge in [0.25, 0.3) is 0 Å². The van der Waals surface area contributed by atoms with Crippen LogP contribution in [0, 0.1) is 0 Å². The second kappa shape index (κ2) is 7.73. The summed E-state index contributed by atoms with van der Waals surface area (Å²) in [4.78, 5) is 9.21. The van der Waals surface area contributed by atoms with Crippen molar-refractivity contribution in [2.24, 2.45) is 5.10 Å². The van der Waals surface area contributed by atoms with Crippen molar-refractivity contribution < 1.29 is 0 Å². The molecular weight excluding hydrogens is 376 g/mol. The van der Waals surface area contributed by atoms with Crippen LogP contribution in [0.1, 0.15) is 5.56 Å². The number of rotatable bonds is 5. The molecule has 0 bridgehead atoms. The van der Waals surface area contributed by atoms with Gasteiger partial charge in [0.1, 0.15) is 0 Å². The fraction of sp³-hybridized carbons (Fsp3) is 0. The van der Waals surface area contributed by atoms with Crippen LogP contribution in [0.5, 0.6) is 0 Å². The zero-order valence-corrected chi connectivity index (χ0v) is 16.4. The van der Waals surface area contributed by atoms with E-state index in [4.69, 9.17) is 4.98 Å². The Hall–Kier alpha value is -3.70. The Labute approximate surface area is 172 Å². The average molecular weight is 395 g/mol. The van der Waals surface area contributed by atoms with E-state index in [9.17, 15) is 0 Å². The van der Waals surface area contributed by atoms with Gasteiger partial charge in [-0.3, -0.25) is 5.43 Å². The molecule has 0 fully saturated rings. The molecule has 3 aromatic carbocycles. The normalized spacial score (nSPS) is 11.3. The van der Waals surface area contributed by atoms with Gasteiger partial charge in [-0.25, -0.2) is 4.98 Å². The monoisotopic (exact) mass is 394 g/mol. The Balaban J connectivity index is 1.47. The highest BCUT2D eigenvalue weighted by Crippen LogP contribution is 2.38. The van der Waals surface area contributed by atoms with Crippen LogP contribution in [0.4, 0.5) is 5.13 Å². The van der Waals surface area contributed by atoms with Crippen molar-refractivity contribution in [3.05, 3.63) is 96.7 Å². The van der Waals surface area contributed by atoms with E-state index in [2.05, 4.69) is 51.9 Å². The zero-order valence-electron chi connectivity index (χ0n) is 15.5. The average Bonchev–Trinajstić information content (AvgIpc) is 3.40. The number of fused-ring (bicyclic) bond motifs is 1. The number of hydrazone groups is 1. The van der Waals surface area contributed by atoms with Gasteiger partial charge in [-0.15, -0.1) is 0 Å². The Morgan fingerprint density at radius 1 is 0.828 bits per heavy atom. The summed E-state index contributed by atoms with van der Waals surface area (Å²) in [6, 6.07) is 28.8. The molecule has 0 amide bonds. The largest absolute Gasteiger partial charge is 0.361 e. The molecule has 2 heterocycles. The van der Waals surface area contributed by atoms with Crippen molar-refractivity contribution in [1.29, 1.82) is 0 Å². The molecule has 29 heavy (non-hydrogen) atoms. The van der Waals surface area contributed by atoms with Crippen LogP contribution in [0.2, 0.25) is 0 Å². The van der Waals surface area contributed by atoms with E-state index in [1.807, 2.05) is 60.9 Å². The zero-order chi connectivity index (χ0) is 19.5. The topological polar surface area (TPSA) is 53.1 Å². The molecule has 5 rings (SSSR count). The Kier molecular flexibility index (Phi) is 4.64. The molecule has 0 aliphatic carbocycles. The fourth-order valence-electron chi connectivity index (χ4n) is 3.30. The molecule has 140 valence electrons. The van der Waals surface area contributed by atoms with Gasteiger partial charge < -0.3 is 4.98 Å². The Morgan fingerprint density at radius 2 is 1.52 bits per heavy atom. The second-order valence-corrected chi connectivity index (χ2v) is 7.59. The van der Waals surface area contributed by atoms with Crippen molar-refractivity contribution in [2.75, 3.05) is 5.43 Å². The lowest BCUT2D eigenvalue weighted by Gasteiger charge is -2.02. The lowest BCUT2D eigenvalue weighted by atomic mass is 10.1. The van der Waals surface area contributed by atoms with E-state index in [0.717, 1.165) is 43.3 Å². The van der Waals surface area contributed by atoms with Gasteiger partial charge in [-0.05, 0) is 11.6 Å². The molecule has 2 aromatic heterocycles. The summed E-state index contributed by atoms with van der Waals surface area (Å²) in [6.45, 7) is 0. The highest BCUT2D eigenvalue weighted by molar-refractivity contribution is 7.19. The predicted molar refractivity (Wildman–Crippen MR) is 123 cm³/mol. The van der Waals surface area contributed by atoms with E-state index in [0.29, 0.717) is 0 Å². The molecule has 0 spiro atoms. The highest BCUT2D eigenvalue weighted by atomic mass is 32.1. The minimum absolute atomic E-state index is 0.763. The molecule has 0 saturated heterocycles. The number of H-pyrrole nitrogens is 1. The quantitative estimate of drug-likeness (QED) is 0.267. The molecule has 0 aliphatic rings. The summed E-state index contributed by atoms with van der Waals surface area (Å²) >= 11 is 1.60. The molecule has 0 unspecified atom stereocenters. The minimum atomic E-state index is 0.763. The Bertz CT molecular complexity index is 1210. The van der Waals surface area contributed by atoms with Crippen molar-refractivity contribution in [3.8, 4) is 21.7 Å². The first kappa shape index (κ1) is 17.4. The lowest BCUT2D eigenvalue weighted by molar-refractivity contribution is 1.29. The number of nitrogens with one attached hydrogen (secondary N) is 2. The van der Waals surface area contributed by atoms with Gasteiger partial charge in [-0.2, -0.15) is 5.10 Å². The molecule has 5 heteroatoms. The van der Waals surface area contributed by atoms with Crippen LogP contribution >= 0.6 is 11.3 Å². The molecule has 2 N–H and O–H groups in total. The first-order valence-corrected chi connectivity index (χ1v) is 10.2. The fourth-order valence-corrected chi connectivity index (χ4v) is 4.25. The first-order chi connectivity index (χ1) is 14.4. The maximum Gasteiger partial charge on any atom is 0.204 e. The van der Waals surface area contributed by atoms with Gasteiger partial charge in [0.2, 0.25) is 5.13 Å². The number of anilines is 1. The third-order valence-electron chi connectivity index (χ3n) is 4.70. The summed E-state index contributed by atoms with van der Waals surface area (Å²) in [5, 5.41) is 6.34. The smallest absolute Gasteiger partial charge is 0.204 e. The third-order valence-corrected chi connectivity index (χ3v) is 5.70. The summed E-state index contributed by atoms with van der Waals surface area (Å²) in [6.07, 6.45) is 3.78. The van der Waals surface area contributed by atoms with Crippen molar-refractivity contribution in [1.82, 2.24) is 9.97 Å².